The molecule has 5 heteroatoms. The Bertz CT molecular complexity index is 617. The van der Waals surface area contributed by atoms with Crippen molar-refractivity contribution in [2.75, 3.05) is 20.3 Å². The molecule has 1 aromatic carbocycles. The van der Waals surface area contributed by atoms with E-state index in [0.29, 0.717) is 25.2 Å². The summed E-state index contributed by atoms with van der Waals surface area (Å²) >= 11 is 0. The molecule has 3 atom stereocenters. The molecule has 0 radical (unpaired) electrons. The van der Waals surface area contributed by atoms with Crippen LogP contribution < -0.4 is 9.47 Å². The van der Waals surface area contributed by atoms with Crippen LogP contribution in [-0.4, -0.2) is 43.3 Å². The number of carbonyl (C=O) groups is 1. The highest BCUT2D eigenvalue weighted by Crippen LogP contribution is 2.41. The van der Waals surface area contributed by atoms with Crippen molar-refractivity contribution in [3.63, 3.8) is 0 Å². The number of rotatable bonds is 3. The van der Waals surface area contributed by atoms with Gasteiger partial charge in [-0.2, -0.15) is 0 Å². The van der Waals surface area contributed by atoms with Gasteiger partial charge in [-0.15, -0.1) is 0 Å². The molecule has 0 N–H and O–H groups in total. The maximum Gasteiger partial charge on any atom is 0.323 e. The SMILES string of the molecule is COC(=O)[C@@H]1C[C@@H]2CCCC[C@@H]2N1Cc1ccc2c(c1)OCCO2. The lowest BCUT2D eigenvalue weighted by Gasteiger charge is -2.33. The molecule has 5 nitrogen and oxygen atoms in total. The van der Waals surface area contributed by atoms with Gasteiger partial charge in [0.1, 0.15) is 19.3 Å². The summed E-state index contributed by atoms with van der Waals surface area (Å²) in [7, 11) is 1.49. The minimum absolute atomic E-state index is 0.0954. The van der Waals surface area contributed by atoms with Crippen molar-refractivity contribution in [3.8, 4) is 11.5 Å². The Morgan fingerprint density at radius 3 is 2.83 bits per heavy atom. The lowest BCUT2D eigenvalue weighted by atomic mass is 9.84. The van der Waals surface area contributed by atoms with Crippen molar-refractivity contribution in [1.29, 1.82) is 0 Å². The number of fused-ring (bicyclic) bond motifs is 2. The fourth-order valence-corrected chi connectivity index (χ4v) is 4.54. The molecule has 0 unspecified atom stereocenters. The van der Waals surface area contributed by atoms with Crippen molar-refractivity contribution in [2.45, 2.75) is 50.7 Å². The van der Waals surface area contributed by atoms with E-state index in [9.17, 15) is 4.79 Å². The van der Waals surface area contributed by atoms with Gasteiger partial charge in [-0.3, -0.25) is 9.69 Å². The molecule has 0 spiro atoms. The summed E-state index contributed by atoms with van der Waals surface area (Å²) in [6.07, 6.45) is 5.89. The smallest absolute Gasteiger partial charge is 0.323 e. The van der Waals surface area contributed by atoms with E-state index in [0.717, 1.165) is 24.5 Å². The summed E-state index contributed by atoms with van der Waals surface area (Å²) in [4.78, 5) is 14.6. The van der Waals surface area contributed by atoms with Crippen molar-refractivity contribution < 1.29 is 19.0 Å². The van der Waals surface area contributed by atoms with Crippen LogP contribution in [0.4, 0.5) is 0 Å². The van der Waals surface area contributed by atoms with Crippen molar-refractivity contribution >= 4 is 5.97 Å². The first kappa shape index (κ1) is 15.8. The largest absolute Gasteiger partial charge is 0.486 e. The molecule has 2 heterocycles. The Balaban J connectivity index is 1.57. The topological polar surface area (TPSA) is 48.0 Å². The molecule has 1 aromatic rings. The number of hydrogen-bond donors (Lipinski definition) is 0. The van der Waals surface area contributed by atoms with E-state index in [-0.39, 0.29) is 12.0 Å². The van der Waals surface area contributed by atoms with Crippen molar-refractivity contribution in [2.24, 2.45) is 5.92 Å². The minimum Gasteiger partial charge on any atom is -0.486 e. The molecular weight excluding hydrogens is 306 g/mol. The fraction of sp³-hybridized carbons (Fsp3) is 0.632. The van der Waals surface area contributed by atoms with Gasteiger partial charge in [0, 0.05) is 12.6 Å². The zero-order chi connectivity index (χ0) is 16.5. The summed E-state index contributed by atoms with van der Waals surface area (Å²) in [5.74, 6) is 2.15. The second-order valence-corrected chi connectivity index (χ2v) is 7.04. The van der Waals surface area contributed by atoms with E-state index < -0.39 is 0 Å². The highest BCUT2D eigenvalue weighted by Gasteiger charge is 2.45. The summed E-state index contributed by atoms with van der Waals surface area (Å²) < 4.78 is 16.4. The minimum atomic E-state index is -0.115. The highest BCUT2D eigenvalue weighted by molar-refractivity contribution is 5.76. The van der Waals surface area contributed by atoms with Crippen molar-refractivity contribution in [3.05, 3.63) is 23.8 Å². The molecule has 0 amide bonds. The molecular formula is C19H25NO4. The lowest BCUT2D eigenvalue weighted by molar-refractivity contribution is -0.146. The predicted molar refractivity (Wildman–Crippen MR) is 89.1 cm³/mol. The summed E-state index contributed by atoms with van der Waals surface area (Å²) in [6, 6.07) is 6.50. The molecule has 2 aliphatic heterocycles. The van der Waals surface area contributed by atoms with Crippen LogP contribution in [-0.2, 0) is 16.1 Å². The molecule has 2 fully saturated rings. The quantitative estimate of drug-likeness (QED) is 0.797. The van der Waals surface area contributed by atoms with Crippen LogP contribution in [0.1, 0.15) is 37.7 Å². The number of methoxy groups -OCH3 is 1. The maximum atomic E-state index is 12.3. The molecule has 3 aliphatic rings. The third kappa shape index (κ3) is 2.86. The summed E-state index contributed by atoms with van der Waals surface area (Å²) in [6.45, 7) is 1.96. The van der Waals surface area contributed by atoms with Gasteiger partial charge in [0.05, 0.1) is 7.11 Å². The Morgan fingerprint density at radius 2 is 2.00 bits per heavy atom. The molecule has 24 heavy (non-hydrogen) atoms. The van der Waals surface area contributed by atoms with E-state index in [1.807, 2.05) is 6.07 Å². The Labute approximate surface area is 142 Å². The first-order chi connectivity index (χ1) is 11.8. The molecule has 4 rings (SSSR count). The van der Waals surface area contributed by atoms with Crippen LogP contribution in [0.3, 0.4) is 0 Å². The third-order valence-electron chi connectivity index (χ3n) is 5.67. The fourth-order valence-electron chi connectivity index (χ4n) is 4.54. The summed E-state index contributed by atoms with van der Waals surface area (Å²) in [5, 5.41) is 0. The van der Waals surface area contributed by atoms with Crippen LogP contribution >= 0.6 is 0 Å². The number of carbonyl (C=O) groups excluding carboxylic acids is 1. The van der Waals surface area contributed by atoms with Gasteiger partial charge in [-0.25, -0.2) is 0 Å². The van der Waals surface area contributed by atoms with E-state index in [2.05, 4.69) is 17.0 Å². The molecule has 0 bridgehead atoms. The van der Waals surface area contributed by atoms with Gasteiger partial charge in [0.15, 0.2) is 11.5 Å². The van der Waals surface area contributed by atoms with E-state index in [4.69, 9.17) is 14.2 Å². The Hall–Kier alpha value is -1.75. The monoisotopic (exact) mass is 331 g/mol. The number of likely N-dealkylation sites (tertiary alicyclic amines) is 1. The number of hydrogen-bond acceptors (Lipinski definition) is 5. The van der Waals surface area contributed by atoms with E-state index in [1.54, 1.807) is 0 Å². The highest BCUT2D eigenvalue weighted by atomic mass is 16.6. The van der Waals surface area contributed by atoms with Crippen LogP contribution in [0, 0.1) is 5.92 Å². The van der Waals surface area contributed by atoms with Crippen LogP contribution in [0.2, 0.25) is 0 Å². The Kier molecular flexibility index (Phi) is 4.35. The molecule has 1 saturated carbocycles. The number of benzene rings is 1. The van der Waals surface area contributed by atoms with Gasteiger partial charge in [-0.05, 0) is 42.9 Å². The van der Waals surface area contributed by atoms with Crippen LogP contribution in [0.25, 0.3) is 0 Å². The number of esters is 1. The third-order valence-corrected chi connectivity index (χ3v) is 5.67. The Morgan fingerprint density at radius 1 is 1.21 bits per heavy atom. The van der Waals surface area contributed by atoms with Gasteiger partial charge in [-0.1, -0.05) is 18.9 Å². The van der Waals surface area contributed by atoms with Gasteiger partial charge >= 0.3 is 5.97 Å². The molecule has 1 aliphatic carbocycles. The first-order valence-corrected chi connectivity index (χ1v) is 8.98. The van der Waals surface area contributed by atoms with Crippen LogP contribution in [0.5, 0.6) is 11.5 Å². The molecule has 0 aromatic heterocycles. The zero-order valence-corrected chi connectivity index (χ0v) is 14.2. The number of ether oxygens (including phenoxy) is 3. The van der Waals surface area contributed by atoms with E-state index in [1.165, 1.54) is 38.4 Å². The average Bonchev–Trinajstić information content (AvgIpc) is 2.99. The van der Waals surface area contributed by atoms with Gasteiger partial charge in [0.25, 0.3) is 0 Å². The zero-order valence-electron chi connectivity index (χ0n) is 14.2. The normalized spacial score (nSPS) is 29.1. The van der Waals surface area contributed by atoms with E-state index >= 15 is 0 Å². The number of nitrogens with zero attached hydrogens (tertiary/aromatic N) is 1. The second kappa shape index (κ2) is 6.63. The standard InChI is InChI=1S/C19H25NO4/c1-22-19(21)16-11-14-4-2-3-5-15(14)20(16)12-13-6-7-17-18(10-13)24-9-8-23-17/h6-7,10,14-16H,2-5,8-9,11-12H2,1H3/t14-,15-,16-/m0/s1. The summed E-state index contributed by atoms with van der Waals surface area (Å²) in [5.41, 5.74) is 1.17. The lowest BCUT2D eigenvalue weighted by Crippen LogP contribution is -2.42. The van der Waals surface area contributed by atoms with Gasteiger partial charge in [0.2, 0.25) is 0 Å². The van der Waals surface area contributed by atoms with Crippen LogP contribution in [0.15, 0.2) is 18.2 Å². The molecule has 1 saturated heterocycles. The second-order valence-electron chi connectivity index (χ2n) is 7.04. The first-order valence-electron chi connectivity index (χ1n) is 8.98. The molecule has 130 valence electrons. The predicted octanol–water partition coefficient (Wildman–Crippen LogP) is 2.76. The average molecular weight is 331 g/mol. The maximum absolute atomic E-state index is 12.3. The van der Waals surface area contributed by atoms with Gasteiger partial charge < -0.3 is 14.2 Å². The van der Waals surface area contributed by atoms with Crippen molar-refractivity contribution in [1.82, 2.24) is 4.90 Å².